The van der Waals surface area contributed by atoms with Crippen LogP contribution >= 0.6 is 24.0 Å². The lowest BCUT2D eigenvalue weighted by Gasteiger charge is -2.33. The summed E-state index contributed by atoms with van der Waals surface area (Å²) in [7, 11) is 1.97. The Hall–Kier alpha value is -0.290. The van der Waals surface area contributed by atoms with Crippen molar-refractivity contribution in [3.63, 3.8) is 0 Å². The van der Waals surface area contributed by atoms with Gasteiger partial charge in [-0.1, -0.05) is 11.6 Å². The highest BCUT2D eigenvalue weighted by Gasteiger charge is 2.38. The van der Waals surface area contributed by atoms with Crippen molar-refractivity contribution in [3.8, 4) is 0 Å². The van der Waals surface area contributed by atoms with Crippen LogP contribution < -0.4 is 5.32 Å². The van der Waals surface area contributed by atoms with Crippen molar-refractivity contribution < 1.29 is 0 Å². The summed E-state index contributed by atoms with van der Waals surface area (Å²) in [6.45, 7) is 5.71. The Bertz CT molecular complexity index is 407. The molecule has 0 unspecified atom stereocenters. The molecule has 1 aromatic rings. The van der Waals surface area contributed by atoms with Crippen molar-refractivity contribution in [3.05, 3.63) is 16.9 Å². The van der Waals surface area contributed by atoms with Gasteiger partial charge in [-0.3, -0.25) is 9.58 Å². The van der Waals surface area contributed by atoms with Gasteiger partial charge in [0.05, 0.1) is 16.9 Å². The molecule has 2 fully saturated rings. The zero-order valence-corrected chi connectivity index (χ0v) is 12.9. The number of halogens is 2. The summed E-state index contributed by atoms with van der Waals surface area (Å²) in [5.41, 5.74) is 1.71. The minimum Gasteiger partial charge on any atom is -0.317 e. The zero-order chi connectivity index (χ0) is 12.6. The van der Waals surface area contributed by atoms with Crippen molar-refractivity contribution >= 4 is 24.0 Å². The first-order chi connectivity index (χ1) is 8.69. The zero-order valence-electron chi connectivity index (χ0n) is 11.4. The summed E-state index contributed by atoms with van der Waals surface area (Å²) in [4.78, 5) is 2.54. The molecule has 0 amide bonds. The maximum absolute atomic E-state index is 6.18. The van der Waals surface area contributed by atoms with Crippen LogP contribution in [0.4, 0.5) is 0 Å². The first kappa shape index (κ1) is 15.1. The Balaban J connectivity index is 0.00000133. The minimum absolute atomic E-state index is 0. The SMILES string of the molecule is Cl.Cn1ncc(Cl)c1CN1CCC2(CCNCC2)C1. The predicted octanol–water partition coefficient (Wildman–Crippen LogP) is 2.07. The van der Waals surface area contributed by atoms with Crippen molar-refractivity contribution in [2.45, 2.75) is 25.8 Å². The number of aromatic nitrogens is 2. The number of nitrogens with zero attached hydrogens (tertiary/aromatic N) is 3. The summed E-state index contributed by atoms with van der Waals surface area (Å²) in [5, 5.41) is 8.47. The van der Waals surface area contributed by atoms with E-state index >= 15 is 0 Å². The van der Waals surface area contributed by atoms with Crippen molar-refractivity contribution in [1.82, 2.24) is 20.0 Å². The number of nitrogens with one attached hydrogen (secondary N) is 1. The van der Waals surface area contributed by atoms with Crippen LogP contribution in [0.3, 0.4) is 0 Å². The highest BCUT2D eigenvalue weighted by molar-refractivity contribution is 6.31. The summed E-state index contributed by atoms with van der Waals surface area (Å²) < 4.78 is 1.90. The Morgan fingerprint density at radius 3 is 2.74 bits per heavy atom. The van der Waals surface area contributed by atoms with Gasteiger partial charge in [-0.2, -0.15) is 5.10 Å². The van der Waals surface area contributed by atoms with Crippen molar-refractivity contribution in [1.29, 1.82) is 0 Å². The molecule has 0 atom stereocenters. The van der Waals surface area contributed by atoms with E-state index in [0.29, 0.717) is 5.41 Å². The smallest absolute Gasteiger partial charge is 0.0831 e. The molecule has 0 bridgehead atoms. The fourth-order valence-corrected chi connectivity index (χ4v) is 3.58. The average Bonchev–Trinajstić information content (AvgIpc) is 2.89. The number of piperidine rings is 1. The van der Waals surface area contributed by atoms with E-state index in [9.17, 15) is 0 Å². The van der Waals surface area contributed by atoms with Gasteiger partial charge in [-0.25, -0.2) is 0 Å². The Morgan fingerprint density at radius 1 is 1.37 bits per heavy atom. The molecule has 1 aromatic heterocycles. The molecule has 19 heavy (non-hydrogen) atoms. The number of rotatable bonds is 2. The van der Waals surface area contributed by atoms with E-state index in [4.69, 9.17) is 11.6 Å². The van der Waals surface area contributed by atoms with Crippen LogP contribution in [-0.2, 0) is 13.6 Å². The topological polar surface area (TPSA) is 33.1 Å². The van der Waals surface area contributed by atoms with Crippen LogP contribution in [0.2, 0.25) is 5.02 Å². The van der Waals surface area contributed by atoms with E-state index in [1.165, 1.54) is 45.4 Å². The maximum Gasteiger partial charge on any atom is 0.0831 e. The molecule has 3 rings (SSSR count). The highest BCUT2D eigenvalue weighted by atomic mass is 35.5. The molecule has 0 aliphatic carbocycles. The van der Waals surface area contributed by atoms with Gasteiger partial charge in [0.1, 0.15) is 0 Å². The minimum atomic E-state index is 0. The third kappa shape index (κ3) is 3.07. The van der Waals surface area contributed by atoms with Crippen LogP contribution in [0.15, 0.2) is 6.20 Å². The van der Waals surface area contributed by atoms with Crippen LogP contribution in [0.25, 0.3) is 0 Å². The van der Waals surface area contributed by atoms with Crippen LogP contribution in [0, 0.1) is 5.41 Å². The van der Waals surface area contributed by atoms with Crippen molar-refractivity contribution in [2.24, 2.45) is 12.5 Å². The van der Waals surface area contributed by atoms with Crippen LogP contribution in [-0.4, -0.2) is 40.9 Å². The molecule has 108 valence electrons. The van der Waals surface area contributed by atoms with E-state index < -0.39 is 0 Å². The van der Waals surface area contributed by atoms with Gasteiger partial charge in [0.2, 0.25) is 0 Å². The van der Waals surface area contributed by atoms with Gasteiger partial charge in [-0.05, 0) is 44.3 Å². The molecule has 1 N–H and O–H groups in total. The molecule has 0 aromatic carbocycles. The Morgan fingerprint density at radius 2 is 2.11 bits per heavy atom. The summed E-state index contributed by atoms with van der Waals surface area (Å²) >= 11 is 6.18. The van der Waals surface area contributed by atoms with E-state index in [0.717, 1.165) is 17.3 Å². The molecule has 3 heterocycles. The van der Waals surface area contributed by atoms with E-state index in [1.54, 1.807) is 6.20 Å². The molecular formula is C13H22Cl2N4. The molecule has 2 aliphatic heterocycles. The van der Waals surface area contributed by atoms with Crippen LogP contribution in [0.5, 0.6) is 0 Å². The molecule has 0 saturated carbocycles. The molecular weight excluding hydrogens is 283 g/mol. The lowest BCUT2D eigenvalue weighted by Crippen LogP contribution is -2.38. The van der Waals surface area contributed by atoms with Crippen molar-refractivity contribution in [2.75, 3.05) is 26.2 Å². The second-order valence-corrected chi connectivity index (χ2v) is 6.18. The van der Waals surface area contributed by atoms with Gasteiger partial charge >= 0.3 is 0 Å². The van der Waals surface area contributed by atoms with Gasteiger partial charge in [0.25, 0.3) is 0 Å². The monoisotopic (exact) mass is 304 g/mol. The molecule has 1 spiro atoms. The fraction of sp³-hybridized carbons (Fsp3) is 0.769. The standard InChI is InChI=1S/C13H21ClN4.ClH/c1-17-12(11(14)8-16-17)9-18-7-4-13(10-18)2-5-15-6-3-13;/h8,15H,2-7,9-10H2,1H3;1H. The normalized spacial score (nSPS) is 22.6. The summed E-state index contributed by atoms with van der Waals surface area (Å²) in [5.74, 6) is 0. The number of hydrogen-bond acceptors (Lipinski definition) is 3. The van der Waals surface area contributed by atoms with Crippen LogP contribution in [0.1, 0.15) is 25.0 Å². The molecule has 2 saturated heterocycles. The van der Waals surface area contributed by atoms with Gasteiger partial charge in [-0.15, -0.1) is 12.4 Å². The fourth-order valence-electron chi connectivity index (χ4n) is 3.35. The molecule has 0 radical (unpaired) electrons. The predicted molar refractivity (Wildman–Crippen MR) is 79.9 cm³/mol. The van der Waals surface area contributed by atoms with E-state index in [-0.39, 0.29) is 12.4 Å². The van der Waals surface area contributed by atoms with E-state index in [2.05, 4.69) is 15.3 Å². The summed E-state index contributed by atoms with van der Waals surface area (Å²) in [6.07, 6.45) is 5.72. The average molecular weight is 305 g/mol. The largest absolute Gasteiger partial charge is 0.317 e. The molecule has 4 nitrogen and oxygen atoms in total. The number of hydrogen-bond donors (Lipinski definition) is 1. The first-order valence-corrected chi connectivity index (χ1v) is 7.16. The number of aryl methyl sites for hydroxylation is 1. The Labute approximate surface area is 125 Å². The Kier molecular flexibility index (Phi) is 4.77. The quantitative estimate of drug-likeness (QED) is 0.908. The van der Waals surface area contributed by atoms with Gasteiger partial charge in [0.15, 0.2) is 0 Å². The number of likely N-dealkylation sites (tertiary alicyclic amines) is 1. The third-order valence-corrected chi connectivity index (χ3v) is 4.88. The van der Waals surface area contributed by atoms with Gasteiger partial charge in [0, 0.05) is 20.1 Å². The highest BCUT2D eigenvalue weighted by Crippen LogP contribution is 2.39. The first-order valence-electron chi connectivity index (χ1n) is 6.78. The summed E-state index contributed by atoms with van der Waals surface area (Å²) in [6, 6.07) is 0. The second kappa shape index (κ2) is 6.00. The van der Waals surface area contributed by atoms with E-state index in [1.807, 2.05) is 11.7 Å². The maximum atomic E-state index is 6.18. The second-order valence-electron chi connectivity index (χ2n) is 5.77. The molecule has 2 aliphatic rings. The third-order valence-electron chi connectivity index (χ3n) is 4.57. The lowest BCUT2D eigenvalue weighted by atomic mass is 9.78. The molecule has 6 heteroatoms. The van der Waals surface area contributed by atoms with Gasteiger partial charge < -0.3 is 5.32 Å². The lowest BCUT2D eigenvalue weighted by molar-refractivity contribution is 0.192.